The minimum atomic E-state index is -0.883. The third-order valence-electron chi connectivity index (χ3n) is 2.47. The minimum Gasteiger partial charge on any atom is -0.380 e. The maximum atomic E-state index is 10.3. The summed E-state index contributed by atoms with van der Waals surface area (Å²) in [4.78, 5) is 8.18. The van der Waals surface area contributed by atoms with Crippen LogP contribution >= 0.6 is 11.6 Å². The van der Waals surface area contributed by atoms with Gasteiger partial charge in [0.1, 0.15) is 11.9 Å². The van der Waals surface area contributed by atoms with Crippen LogP contribution < -0.4 is 0 Å². The van der Waals surface area contributed by atoms with E-state index in [1.807, 2.05) is 6.92 Å². The van der Waals surface area contributed by atoms with Crippen molar-refractivity contribution in [3.8, 4) is 0 Å². The average Bonchev–Trinajstić information content (AvgIpc) is 2.69. The van der Waals surface area contributed by atoms with Crippen molar-refractivity contribution < 1.29 is 5.11 Å². The van der Waals surface area contributed by atoms with Gasteiger partial charge in [0.15, 0.2) is 0 Å². The highest BCUT2D eigenvalue weighted by Gasteiger charge is 2.20. The molecule has 1 atom stereocenters. The lowest BCUT2D eigenvalue weighted by Crippen LogP contribution is -2.11. The number of aromatic nitrogens is 4. The predicted molar refractivity (Wildman–Crippen MR) is 63.7 cm³/mol. The van der Waals surface area contributed by atoms with Gasteiger partial charge in [0, 0.05) is 12.7 Å². The molecule has 0 aliphatic heterocycles. The lowest BCUT2D eigenvalue weighted by atomic mass is 10.2. The van der Waals surface area contributed by atoms with Gasteiger partial charge in [0.25, 0.3) is 0 Å². The Kier molecular flexibility index (Phi) is 3.40. The summed E-state index contributed by atoms with van der Waals surface area (Å²) in [7, 11) is 0. The maximum absolute atomic E-state index is 10.3. The van der Waals surface area contributed by atoms with E-state index in [-0.39, 0.29) is 0 Å². The van der Waals surface area contributed by atoms with Crippen LogP contribution in [-0.2, 0) is 6.54 Å². The topological polar surface area (TPSA) is 63.8 Å². The normalized spacial score (nSPS) is 12.7. The molecule has 17 heavy (non-hydrogen) atoms. The summed E-state index contributed by atoms with van der Waals surface area (Å²) in [6.07, 6.45) is 2.26. The summed E-state index contributed by atoms with van der Waals surface area (Å²) >= 11 is 6.02. The Balaban J connectivity index is 2.43. The van der Waals surface area contributed by atoms with Crippen LogP contribution in [0, 0.1) is 6.92 Å². The number of nitrogens with zero attached hydrogens (tertiary/aromatic N) is 4. The Morgan fingerprint density at radius 3 is 2.94 bits per heavy atom. The summed E-state index contributed by atoms with van der Waals surface area (Å²) in [5, 5.41) is 14.8. The van der Waals surface area contributed by atoms with Crippen molar-refractivity contribution >= 4 is 11.6 Å². The second-order valence-corrected chi connectivity index (χ2v) is 4.03. The first kappa shape index (κ1) is 12.0. The van der Waals surface area contributed by atoms with Crippen molar-refractivity contribution in [1.82, 2.24) is 19.7 Å². The number of aliphatic hydroxyl groups is 1. The van der Waals surface area contributed by atoms with E-state index in [4.69, 9.17) is 11.6 Å². The molecule has 2 rings (SSSR count). The Morgan fingerprint density at radius 2 is 2.29 bits per heavy atom. The Morgan fingerprint density at radius 1 is 1.53 bits per heavy atom. The van der Waals surface area contributed by atoms with E-state index in [1.54, 1.807) is 23.9 Å². The fourth-order valence-corrected chi connectivity index (χ4v) is 1.91. The molecule has 1 N–H and O–H groups in total. The Labute approximate surface area is 104 Å². The number of halogens is 1. The van der Waals surface area contributed by atoms with Gasteiger partial charge < -0.3 is 5.11 Å². The zero-order valence-corrected chi connectivity index (χ0v) is 10.4. The highest BCUT2D eigenvalue weighted by molar-refractivity contribution is 6.31. The molecule has 0 radical (unpaired) electrons. The van der Waals surface area contributed by atoms with Crippen LogP contribution in [0.1, 0.15) is 30.2 Å². The van der Waals surface area contributed by atoms with Gasteiger partial charge in [-0.2, -0.15) is 5.10 Å². The van der Waals surface area contributed by atoms with Crippen LogP contribution in [0.25, 0.3) is 0 Å². The second kappa shape index (κ2) is 4.81. The van der Waals surface area contributed by atoms with Crippen LogP contribution in [-0.4, -0.2) is 24.9 Å². The van der Waals surface area contributed by atoms with Crippen LogP contribution in [0.4, 0.5) is 0 Å². The number of aliphatic hydroxyl groups excluding tert-OH is 1. The van der Waals surface area contributed by atoms with Crippen molar-refractivity contribution in [2.75, 3.05) is 0 Å². The van der Waals surface area contributed by atoms with Crippen molar-refractivity contribution in [2.45, 2.75) is 26.5 Å². The summed E-state index contributed by atoms with van der Waals surface area (Å²) < 4.78 is 1.66. The lowest BCUT2D eigenvalue weighted by molar-refractivity contribution is 0.203. The van der Waals surface area contributed by atoms with Crippen molar-refractivity contribution in [2.24, 2.45) is 0 Å². The second-order valence-electron chi connectivity index (χ2n) is 3.62. The number of hydrogen-bond acceptors (Lipinski definition) is 4. The number of rotatable bonds is 3. The Hall–Kier alpha value is -1.46. The zero-order chi connectivity index (χ0) is 12.4. The molecular weight excluding hydrogens is 240 g/mol. The van der Waals surface area contributed by atoms with Gasteiger partial charge in [-0.3, -0.25) is 4.68 Å². The van der Waals surface area contributed by atoms with E-state index < -0.39 is 6.10 Å². The standard InChI is InChI=1S/C11H13ClN4O/c1-3-16-10(8(12)6-14-16)11(17)9-4-5-13-7(2)15-9/h4-6,11,17H,3H2,1-2H3. The van der Waals surface area contributed by atoms with E-state index >= 15 is 0 Å². The molecule has 90 valence electrons. The molecule has 0 aromatic carbocycles. The highest BCUT2D eigenvalue weighted by atomic mass is 35.5. The van der Waals surface area contributed by atoms with Gasteiger partial charge in [-0.1, -0.05) is 11.6 Å². The monoisotopic (exact) mass is 252 g/mol. The fourth-order valence-electron chi connectivity index (χ4n) is 1.66. The molecule has 5 nitrogen and oxygen atoms in total. The van der Waals surface area contributed by atoms with Gasteiger partial charge >= 0.3 is 0 Å². The molecule has 0 saturated heterocycles. The summed E-state index contributed by atoms with van der Waals surface area (Å²) in [5.74, 6) is 0.611. The first-order valence-corrected chi connectivity index (χ1v) is 5.70. The predicted octanol–water partition coefficient (Wildman–Crippen LogP) is 1.74. The lowest BCUT2D eigenvalue weighted by Gasteiger charge is -2.12. The molecule has 1 unspecified atom stereocenters. The molecule has 0 saturated carbocycles. The number of hydrogen-bond donors (Lipinski definition) is 1. The van der Waals surface area contributed by atoms with E-state index in [2.05, 4.69) is 15.1 Å². The minimum absolute atomic E-state index is 0.440. The van der Waals surface area contributed by atoms with Crippen molar-refractivity contribution in [1.29, 1.82) is 0 Å². The van der Waals surface area contributed by atoms with Gasteiger partial charge in [0.05, 0.1) is 22.6 Å². The molecule has 0 aliphatic rings. The molecule has 0 aliphatic carbocycles. The van der Waals surface area contributed by atoms with E-state index in [1.165, 1.54) is 6.20 Å². The molecule has 2 heterocycles. The quantitative estimate of drug-likeness (QED) is 0.904. The first-order valence-electron chi connectivity index (χ1n) is 5.32. The zero-order valence-electron chi connectivity index (χ0n) is 9.63. The Bertz CT molecular complexity index is 526. The van der Waals surface area contributed by atoms with Gasteiger partial charge in [0.2, 0.25) is 0 Å². The van der Waals surface area contributed by atoms with E-state index in [9.17, 15) is 5.11 Å². The molecule has 2 aromatic rings. The maximum Gasteiger partial charge on any atom is 0.139 e. The van der Waals surface area contributed by atoms with E-state index in [0.717, 1.165) is 0 Å². The largest absolute Gasteiger partial charge is 0.380 e. The molecule has 6 heteroatoms. The third-order valence-corrected chi connectivity index (χ3v) is 2.76. The van der Waals surface area contributed by atoms with Crippen molar-refractivity contribution in [3.63, 3.8) is 0 Å². The van der Waals surface area contributed by atoms with Crippen molar-refractivity contribution in [3.05, 3.63) is 40.7 Å². The smallest absolute Gasteiger partial charge is 0.139 e. The SMILES string of the molecule is CCn1ncc(Cl)c1C(O)c1ccnc(C)n1. The van der Waals surface area contributed by atoms with Gasteiger partial charge in [-0.15, -0.1) is 0 Å². The van der Waals surface area contributed by atoms with Gasteiger partial charge in [-0.05, 0) is 19.9 Å². The molecular formula is C11H13ClN4O. The summed E-state index contributed by atoms with van der Waals surface area (Å²) in [6, 6.07) is 1.67. The number of aryl methyl sites for hydroxylation is 2. The molecule has 0 spiro atoms. The molecule has 0 fully saturated rings. The van der Waals surface area contributed by atoms with Crippen LogP contribution in [0.5, 0.6) is 0 Å². The summed E-state index contributed by atoms with van der Waals surface area (Å²) in [5.41, 5.74) is 1.09. The van der Waals surface area contributed by atoms with Crippen LogP contribution in [0.3, 0.4) is 0 Å². The average molecular weight is 253 g/mol. The van der Waals surface area contributed by atoms with Crippen LogP contribution in [0.2, 0.25) is 5.02 Å². The third kappa shape index (κ3) is 2.30. The van der Waals surface area contributed by atoms with Crippen LogP contribution in [0.15, 0.2) is 18.5 Å². The molecule has 0 amide bonds. The highest BCUT2D eigenvalue weighted by Crippen LogP contribution is 2.26. The molecule has 0 bridgehead atoms. The first-order chi connectivity index (χ1) is 8.13. The van der Waals surface area contributed by atoms with E-state index in [0.29, 0.717) is 28.8 Å². The fraction of sp³-hybridized carbons (Fsp3) is 0.364. The summed E-state index contributed by atoms with van der Waals surface area (Å²) in [6.45, 7) is 4.35. The molecule has 2 aromatic heterocycles. The van der Waals surface area contributed by atoms with Gasteiger partial charge in [-0.25, -0.2) is 9.97 Å².